The van der Waals surface area contributed by atoms with Crippen LogP contribution in [-0.2, 0) is 93.3 Å². The summed E-state index contributed by atoms with van der Waals surface area (Å²) in [7, 11) is -6.19. The number of rotatable bonds is 74. The number of Topliss-reactive ketones (excluding diaryl/α,β-unsaturated/α-hetero) is 1. The predicted octanol–water partition coefficient (Wildman–Crippen LogP) is 19.8. The van der Waals surface area contributed by atoms with Gasteiger partial charge in [-0.1, -0.05) is 257 Å². The lowest BCUT2D eigenvalue weighted by Gasteiger charge is -2.48. The number of ketones is 1. The van der Waals surface area contributed by atoms with E-state index in [0.29, 0.717) is 25.7 Å². The molecule has 2 heterocycles. The molecule has 23 nitrogen and oxygen atoms in total. The maximum atomic E-state index is 14.9. The fourth-order valence-electron chi connectivity index (χ4n) is 12.9. The molecule has 2 amide bonds. The molecule has 107 heavy (non-hydrogen) atoms. The van der Waals surface area contributed by atoms with E-state index >= 15 is 0 Å². The molecule has 0 radical (unpaired) electrons. The first-order valence-corrected chi connectivity index (χ1v) is 44.0. The zero-order valence-corrected chi connectivity index (χ0v) is 68.8. The number of phosphoric ester groups is 2. The summed E-state index contributed by atoms with van der Waals surface area (Å²) in [5.41, 5.74) is 0. The van der Waals surface area contributed by atoms with E-state index in [4.69, 9.17) is 69.8 Å². The zero-order chi connectivity index (χ0) is 78.3. The van der Waals surface area contributed by atoms with Crippen LogP contribution < -0.4 is 10.6 Å². The molecule has 1 unspecified atom stereocenters. The molecule has 0 aromatic rings. The average Bonchev–Trinajstić information content (AvgIpc) is 0.778. The molecule has 25 heteroatoms. The molecule has 0 aromatic carbocycles. The third-order valence-corrected chi connectivity index (χ3v) is 21.6. The maximum absolute atomic E-state index is 14.9. The van der Waals surface area contributed by atoms with Gasteiger partial charge in [-0.25, -0.2) is 13.9 Å². The van der Waals surface area contributed by atoms with Gasteiger partial charge in [-0.05, 0) is 57.8 Å². The summed E-state index contributed by atoms with van der Waals surface area (Å²) >= 11 is 0. The van der Waals surface area contributed by atoms with Gasteiger partial charge in [-0.2, -0.15) is 0 Å². The van der Waals surface area contributed by atoms with Crippen molar-refractivity contribution in [1.29, 1.82) is 0 Å². The number of phosphoric acid groups is 2. The van der Waals surface area contributed by atoms with Crippen molar-refractivity contribution in [1.82, 2.24) is 10.6 Å². The van der Waals surface area contributed by atoms with Gasteiger partial charge in [-0.3, -0.25) is 41.5 Å². The van der Waals surface area contributed by atoms with Crippen molar-refractivity contribution in [3.8, 4) is 0 Å². The van der Waals surface area contributed by atoms with Crippen LogP contribution >= 0.6 is 15.6 Å². The first-order chi connectivity index (χ1) is 52.1. The van der Waals surface area contributed by atoms with Crippen LogP contribution in [0.2, 0.25) is 0 Å². The van der Waals surface area contributed by atoms with Gasteiger partial charge < -0.3 is 53.3 Å². The monoisotopic (exact) mass is 1560 g/mol. The molecule has 2 saturated heterocycles. The Morgan fingerprint density at radius 1 is 0.430 bits per heavy atom. The average molecular weight is 1560 g/mol. The molecule has 0 aliphatic carbocycles. The number of carbonyl (C=O) groups is 4. The SMILES string of the molecule is C=CCOC(=O)O[C@H]1[C@H](OCCCCCCCCCC)[C@@H](NC(=O)CC(=O)CCCCCCCCCCC)C(OP(=O)(OCC=C)OCC=C)O[C@@H]1CO[C@@H]1O[C@H](COC)[C@@H](OP(=O)(OCC=C)OCC=C)[C@H](OCC[C@@H](CCCCCCC)OC)[C@H]1NC(=O)CCCCCCCCC/C=C\CCCCCC. The minimum absolute atomic E-state index is 0.0443. The number of hydrogen-bond acceptors (Lipinski definition) is 21. The lowest BCUT2D eigenvalue weighted by atomic mass is 9.95. The lowest BCUT2D eigenvalue weighted by Crippen LogP contribution is -2.68. The van der Waals surface area contributed by atoms with Gasteiger partial charge in [0.1, 0.15) is 55.0 Å². The summed E-state index contributed by atoms with van der Waals surface area (Å²) < 4.78 is 124. The molecule has 0 spiro atoms. The Morgan fingerprint density at radius 3 is 1.36 bits per heavy atom. The van der Waals surface area contributed by atoms with Gasteiger partial charge in [0.25, 0.3) is 0 Å². The molecule has 0 bridgehead atoms. The second kappa shape index (κ2) is 65.8. The fourth-order valence-corrected chi connectivity index (χ4v) is 15.4. The van der Waals surface area contributed by atoms with Crippen molar-refractivity contribution in [2.45, 2.75) is 352 Å². The standard InChI is InChI=1S/C82H146N2O21P2/c1-12-21-25-29-32-35-36-37-38-39-40-42-44-48-52-56-72(86)83-74-79(94-64-57-69(92-11)55-51-46-28-24-15-4)77(104-106(89,97-59-17-6)98-60-18-7)70(66-91-10)101-80(74)96-67-71-76(103-82(88)95-58-16-5)78(93-63-53-49-45-34-31-27-23-14-3)75(81(102-71)105-107(90,99-61-19-8)100-62-20-9)84-73(87)65-68(85)54-50-47-43-41-33-30-26-22-13-2/h16-20,35-36,69-71,74-81H,5-9,12-15,21-34,37-67H2,1-4,10-11H3,(H,83,86)(H,84,87)/b36-35-/t69-,70-,71-,74-,75-,76-,77-,78-,79-,80-,81?/m1/s1. The van der Waals surface area contributed by atoms with Crippen LogP contribution in [0.1, 0.15) is 285 Å². The molecular weight excluding hydrogens is 1410 g/mol. The summed E-state index contributed by atoms with van der Waals surface area (Å²) in [5, 5.41) is 6.07. The van der Waals surface area contributed by atoms with Crippen LogP contribution in [0.15, 0.2) is 75.4 Å². The van der Waals surface area contributed by atoms with E-state index in [1.165, 1.54) is 88.9 Å². The quantitative estimate of drug-likeness (QED) is 0.0188. The second-order valence-corrected chi connectivity index (χ2v) is 31.3. The second-order valence-electron chi connectivity index (χ2n) is 28.0. The Kier molecular flexibility index (Phi) is 61.1. The Morgan fingerprint density at radius 2 is 0.850 bits per heavy atom. The normalized spacial score (nSPS) is 20.7. The highest BCUT2D eigenvalue weighted by Crippen LogP contribution is 2.54. The topological polar surface area (TPSA) is 265 Å². The highest BCUT2D eigenvalue weighted by Gasteiger charge is 2.56. The van der Waals surface area contributed by atoms with E-state index in [-0.39, 0.29) is 83.5 Å². The van der Waals surface area contributed by atoms with Crippen LogP contribution in [0, 0.1) is 0 Å². The maximum Gasteiger partial charge on any atom is 0.509 e. The van der Waals surface area contributed by atoms with Gasteiger partial charge in [-0.15, -0.1) is 26.3 Å². The zero-order valence-electron chi connectivity index (χ0n) is 67.0. The molecule has 0 aromatic heterocycles. The number of ether oxygens (including phenoxy) is 9. The van der Waals surface area contributed by atoms with Gasteiger partial charge in [0.2, 0.25) is 11.8 Å². The van der Waals surface area contributed by atoms with Crippen LogP contribution in [0.25, 0.3) is 0 Å². The fraction of sp³-hybridized carbons (Fsp3) is 0.805. The van der Waals surface area contributed by atoms with Crippen LogP contribution in [0.4, 0.5) is 4.79 Å². The van der Waals surface area contributed by atoms with Gasteiger partial charge >= 0.3 is 21.8 Å². The van der Waals surface area contributed by atoms with Gasteiger partial charge in [0, 0.05) is 40.3 Å². The minimum atomic E-state index is -4.73. The van der Waals surface area contributed by atoms with Crippen molar-refractivity contribution >= 4 is 39.4 Å². The Hall–Kier alpha value is -3.74. The third-order valence-electron chi connectivity index (χ3n) is 18.7. The predicted molar refractivity (Wildman–Crippen MR) is 423 cm³/mol. The van der Waals surface area contributed by atoms with Crippen LogP contribution in [-0.4, -0.2) is 165 Å². The highest BCUT2D eigenvalue weighted by atomic mass is 31.2. The Balaban J connectivity index is 2.92. The summed E-state index contributed by atoms with van der Waals surface area (Å²) in [5.74, 6) is -1.44. The number of methoxy groups -OCH3 is 2. The van der Waals surface area contributed by atoms with Crippen molar-refractivity contribution in [3.63, 3.8) is 0 Å². The van der Waals surface area contributed by atoms with Gasteiger partial charge in [0.05, 0.1) is 52.2 Å². The Labute approximate surface area is 646 Å². The largest absolute Gasteiger partial charge is 0.509 e. The van der Waals surface area contributed by atoms with E-state index in [1.807, 2.05) is 0 Å². The van der Waals surface area contributed by atoms with E-state index < -0.39 is 102 Å². The van der Waals surface area contributed by atoms with Crippen molar-refractivity contribution in [2.75, 3.05) is 73.7 Å². The minimum Gasteiger partial charge on any atom is -0.430 e. The molecule has 2 aliphatic heterocycles. The van der Waals surface area contributed by atoms with Crippen molar-refractivity contribution < 1.29 is 98.1 Å². The third kappa shape index (κ3) is 46.8. The van der Waals surface area contributed by atoms with E-state index in [1.54, 1.807) is 7.11 Å². The number of hydrogen-bond donors (Lipinski definition) is 2. The number of carbonyl (C=O) groups excluding carboxylic acids is 4. The van der Waals surface area contributed by atoms with E-state index in [2.05, 4.69) is 83.4 Å². The number of amides is 2. The van der Waals surface area contributed by atoms with Crippen molar-refractivity contribution in [2.24, 2.45) is 0 Å². The van der Waals surface area contributed by atoms with E-state index in [0.717, 1.165) is 161 Å². The molecule has 11 atom stereocenters. The Bertz CT molecular complexity index is 2430. The molecule has 2 fully saturated rings. The number of unbranched alkanes of at least 4 members (excludes halogenated alkanes) is 30. The number of allylic oxidation sites excluding steroid dienone is 2. The smallest absolute Gasteiger partial charge is 0.430 e. The molecule has 2 N–H and O–H groups in total. The van der Waals surface area contributed by atoms with E-state index in [9.17, 15) is 28.3 Å². The first-order valence-electron chi connectivity index (χ1n) is 41.0. The highest BCUT2D eigenvalue weighted by molar-refractivity contribution is 7.48. The lowest BCUT2D eigenvalue weighted by molar-refractivity contribution is -0.301. The molecule has 620 valence electrons. The number of nitrogens with one attached hydrogen (secondary N) is 2. The summed E-state index contributed by atoms with van der Waals surface area (Å²) in [6.07, 6.45) is 35.4. The van der Waals surface area contributed by atoms with Crippen molar-refractivity contribution in [3.05, 3.63) is 75.4 Å². The summed E-state index contributed by atoms with van der Waals surface area (Å²) in [6.45, 7) is 25.3. The molecular formula is C82H146N2O21P2. The molecule has 2 aliphatic rings. The van der Waals surface area contributed by atoms with Crippen LogP contribution in [0.3, 0.4) is 0 Å². The summed E-state index contributed by atoms with van der Waals surface area (Å²) in [6, 6.07) is -2.81. The molecule has 0 saturated carbocycles. The summed E-state index contributed by atoms with van der Waals surface area (Å²) in [4.78, 5) is 57.0. The molecule has 2 rings (SSSR count). The first kappa shape index (κ1) is 99.3. The van der Waals surface area contributed by atoms with Gasteiger partial charge in [0.15, 0.2) is 18.7 Å². The van der Waals surface area contributed by atoms with Crippen LogP contribution in [0.5, 0.6) is 0 Å².